The maximum absolute atomic E-state index is 13.8. The van der Waals surface area contributed by atoms with Crippen molar-refractivity contribution in [3.8, 4) is 17.2 Å². The molecule has 0 unspecified atom stereocenters. The number of carbonyl (C=O) groups is 1. The predicted molar refractivity (Wildman–Crippen MR) is 155 cm³/mol. The third kappa shape index (κ3) is 5.51. The van der Waals surface area contributed by atoms with Crippen molar-refractivity contribution >= 4 is 46.0 Å². The molecule has 38 heavy (non-hydrogen) atoms. The quantitative estimate of drug-likeness (QED) is 0.269. The Morgan fingerprint density at radius 2 is 1.84 bits per heavy atom. The van der Waals surface area contributed by atoms with Crippen LogP contribution in [0.2, 0.25) is 0 Å². The third-order valence-corrected chi connectivity index (χ3v) is 7.68. The predicted octanol–water partition coefficient (Wildman–Crippen LogP) is 4.21. The molecule has 0 bridgehead atoms. The van der Waals surface area contributed by atoms with E-state index >= 15 is 0 Å². The molecule has 1 aliphatic heterocycles. The first-order valence-corrected chi connectivity index (χ1v) is 14.0. The van der Waals surface area contributed by atoms with Gasteiger partial charge < -0.3 is 18.9 Å². The van der Waals surface area contributed by atoms with Crippen LogP contribution in [0.5, 0.6) is 17.2 Å². The number of aromatic nitrogens is 1. The van der Waals surface area contributed by atoms with Gasteiger partial charge in [0.25, 0.3) is 5.56 Å². The van der Waals surface area contributed by atoms with Crippen LogP contribution in [0.1, 0.15) is 44.9 Å². The van der Waals surface area contributed by atoms with Crippen molar-refractivity contribution in [2.75, 3.05) is 20.8 Å². The molecular formula is C28H29IN2O6S. The van der Waals surface area contributed by atoms with E-state index in [-0.39, 0.29) is 18.3 Å². The smallest absolute Gasteiger partial charge is 0.338 e. The molecule has 200 valence electrons. The van der Waals surface area contributed by atoms with Gasteiger partial charge >= 0.3 is 5.97 Å². The average molecular weight is 649 g/mol. The van der Waals surface area contributed by atoms with Gasteiger partial charge in [-0.25, -0.2) is 9.79 Å². The second-order valence-corrected chi connectivity index (χ2v) is 10.9. The summed E-state index contributed by atoms with van der Waals surface area (Å²) < 4.78 is 25.2. The topological polar surface area (TPSA) is 88.4 Å². The molecule has 0 N–H and O–H groups in total. The summed E-state index contributed by atoms with van der Waals surface area (Å²) in [5.41, 5.74) is 2.10. The van der Waals surface area contributed by atoms with Crippen LogP contribution in [-0.4, -0.2) is 37.5 Å². The number of carbonyl (C=O) groups excluding carboxylic acids is 1. The number of esters is 1. The highest BCUT2D eigenvalue weighted by atomic mass is 127. The molecule has 0 saturated heterocycles. The zero-order valence-electron chi connectivity index (χ0n) is 22.0. The molecule has 2 aromatic carbocycles. The second kappa shape index (κ2) is 11.7. The fraction of sp³-hybridized carbons (Fsp3) is 0.321. The molecule has 4 rings (SSSR count). The zero-order chi connectivity index (χ0) is 27.6. The molecule has 8 nitrogen and oxygen atoms in total. The number of nitrogens with zero attached hydrogens (tertiary/aromatic N) is 2. The number of rotatable bonds is 8. The number of ether oxygens (including phenoxy) is 4. The first-order valence-electron chi connectivity index (χ1n) is 12.1. The Morgan fingerprint density at radius 1 is 1.13 bits per heavy atom. The van der Waals surface area contributed by atoms with Gasteiger partial charge in [-0.2, -0.15) is 0 Å². The standard InChI is InChI=1S/C28H29IN2O6S/c1-7-36-27(33)24-16(4)30-28-31(25(24)18-9-11-21(37-15(2)3)22(14-18)35-6)26(32)23(38-28)13-17-8-10-20(34-5)19(29)12-17/h8-15,25H,7H2,1-6H3/b23-13-/t25-/m1/s1. The molecule has 0 spiro atoms. The summed E-state index contributed by atoms with van der Waals surface area (Å²) in [5.74, 6) is 1.33. The number of hydrogen-bond donors (Lipinski definition) is 0. The van der Waals surface area contributed by atoms with Crippen molar-refractivity contribution in [3.63, 3.8) is 0 Å². The van der Waals surface area contributed by atoms with Crippen molar-refractivity contribution in [1.29, 1.82) is 0 Å². The monoisotopic (exact) mass is 648 g/mol. The number of hydrogen-bond acceptors (Lipinski definition) is 8. The van der Waals surface area contributed by atoms with Gasteiger partial charge in [0.1, 0.15) is 5.75 Å². The highest BCUT2D eigenvalue weighted by Gasteiger charge is 2.34. The Kier molecular flexibility index (Phi) is 8.61. The normalized spacial score (nSPS) is 15.3. The lowest BCUT2D eigenvalue weighted by Gasteiger charge is -2.25. The molecule has 0 amide bonds. The highest BCUT2D eigenvalue weighted by Crippen LogP contribution is 2.36. The Bertz CT molecular complexity index is 1590. The van der Waals surface area contributed by atoms with Crippen LogP contribution in [0.3, 0.4) is 0 Å². The van der Waals surface area contributed by atoms with Crippen LogP contribution in [0, 0.1) is 3.57 Å². The van der Waals surface area contributed by atoms with E-state index in [4.69, 9.17) is 18.9 Å². The zero-order valence-corrected chi connectivity index (χ0v) is 25.0. The second-order valence-electron chi connectivity index (χ2n) is 8.77. The molecule has 1 atom stereocenters. The van der Waals surface area contributed by atoms with E-state index in [1.807, 2.05) is 44.2 Å². The molecule has 0 radical (unpaired) electrons. The van der Waals surface area contributed by atoms with E-state index in [0.717, 1.165) is 14.9 Å². The largest absolute Gasteiger partial charge is 0.496 e. The number of thiazole rings is 1. The number of halogens is 1. The lowest BCUT2D eigenvalue weighted by molar-refractivity contribution is -0.139. The van der Waals surface area contributed by atoms with E-state index in [0.29, 0.717) is 37.7 Å². The van der Waals surface area contributed by atoms with E-state index in [1.54, 1.807) is 44.8 Å². The van der Waals surface area contributed by atoms with Crippen molar-refractivity contribution in [2.45, 2.75) is 39.8 Å². The molecule has 3 aromatic rings. The Morgan fingerprint density at radius 3 is 2.47 bits per heavy atom. The van der Waals surface area contributed by atoms with E-state index < -0.39 is 12.0 Å². The van der Waals surface area contributed by atoms with Crippen LogP contribution in [-0.2, 0) is 9.53 Å². The molecule has 10 heteroatoms. The number of methoxy groups -OCH3 is 2. The molecule has 2 heterocycles. The minimum absolute atomic E-state index is 0.0503. The summed E-state index contributed by atoms with van der Waals surface area (Å²) in [5, 5.41) is 0. The summed E-state index contributed by atoms with van der Waals surface area (Å²) in [7, 11) is 3.18. The molecule has 0 aliphatic carbocycles. The van der Waals surface area contributed by atoms with Crippen LogP contribution < -0.4 is 29.1 Å². The van der Waals surface area contributed by atoms with Crippen LogP contribution in [0.15, 0.2) is 57.5 Å². The lowest BCUT2D eigenvalue weighted by atomic mass is 9.95. The third-order valence-electron chi connectivity index (χ3n) is 5.86. The van der Waals surface area contributed by atoms with Gasteiger partial charge in [-0.3, -0.25) is 9.36 Å². The Hall–Kier alpha value is -3.12. The molecule has 1 aromatic heterocycles. The van der Waals surface area contributed by atoms with Gasteiger partial charge in [0.15, 0.2) is 16.3 Å². The van der Waals surface area contributed by atoms with Gasteiger partial charge in [0, 0.05) is 0 Å². The molecular weight excluding hydrogens is 619 g/mol. The first kappa shape index (κ1) is 27.9. The van der Waals surface area contributed by atoms with Crippen molar-refractivity contribution in [3.05, 3.63) is 82.1 Å². The van der Waals surface area contributed by atoms with E-state index in [9.17, 15) is 9.59 Å². The average Bonchev–Trinajstić information content (AvgIpc) is 3.17. The number of allylic oxidation sites excluding steroid dienone is 1. The van der Waals surface area contributed by atoms with Crippen LogP contribution >= 0.6 is 33.9 Å². The lowest BCUT2D eigenvalue weighted by Crippen LogP contribution is -2.40. The molecule has 0 fully saturated rings. The highest BCUT2D eigenvalue weighted by molar-refractivity contribution is 14.1. The SMILES string of the molecule is CCOC(=O)C1=C(C)N=c2s/c(=C\c3ccc(OC)c(I)c3)c(=O)n2[C@@H]1c1ccc(OC(C)C)c(OC)c1. The van der Waals surface area contributed by atoms with Crippen LogP contribution in [0.25, 0.3) is 6.08 Å². The Labute approximate surface area is 238 Å². The van der Waals surface area contributed by atoms with Gasteiger partial charge in [-0.1, -0.05) is 23.5 Å². The van der Waals surface area contributed by atoms with E-state index in [2.05, 4.69) is 27.6 Å². The van der Waals surface area contributed by atoms with Gasteiger partial charge in [0.05, 0.1) is 52.3 Å². The summed E-state index contributed by atoms with van der Waals surface area (Å²) in [6.45, 7) is 7.57. The van der Waals surface area contributed by atoms with E-state index in [1.165, 1.54) is 11.3 Å². The summed E-state index contributed by atoms with van der Waals surface area (Å²) in [6, 6.07) is 10.4. The molecule has 0 saturated carbocycles. The van der Waals surface area contributed by atoms with Gasteiger partial charge in [0.2, 0.25) is 0 Å². The fourth-order valence-electron chi connectivity index (χ4n) is 4.24. The van der Waals surface area contributed by atoms with Crippen LogP contribution in [0.4, 0.5) is 0 Å². The molecule has 1 aliphatic rings. The summed E-state index contributed by atoms with van der Waals surface area (Å²) in [6.07, 6.45) is 1.78. The minimum Gasteiger partial charge on any atom is -0.496 e. The summed E-state index contributed by atoms with van der Waals surface area (Å²) in [4.78, 5) is 32.1. The Balaban J connectivity index is 1.93. The van der Waals surface area contributed by atoms with Gasteiger partial charge in [-0.05, 0) is 91.8 Å². The number of benzene rings is 2. The van der Waals surface area contributed by atoms with Crippen molar-refractivity contribution in [1.82, 2.24) is 4.57 Å². The minimum atomic E-state index is -0.745. The number of fused-ring (bicyclic) bond motifs is 1. The van der Waals surface area contributed by atoms with Crippen molar-refractivity contribution in [2.24, 2.45) is 4.99 Å². The summed E-state index contributed by atoms with van der Waals surface area (Å²) >= 11 is 3.47. The fourth-order valence-corrected chi connectivity index (χ4v) is 6.04. The van der Waals surface area contributed by atoms with Crippen molar-refractivity contribution < 1.29 is 23.7 Å². The van der Waals surface area contributed by atoms with Gasteiger partial charge in [-0.15, -0.1) is 0 Å². The first-order chi connectivity index (χ1) is 18.2. The maximum atomic E-state index is 13.8. The maximum Gasteiger partial charge on any atom is 0.338 e.